The Balaban J connectivity index is 1.88. The zero-order valence-electron chi connectivity index (χ0n) is 13.1. The quantitative estimate of drug-likeness (QED) is 0.831. The number of benzene rings is 2. The number of sulfonamides is 1. The normalized spacial score (nSPS) is 19.4. The first-order chi connectivity index (χ1) is 11.4. The average molecular weight is 370 g/mol. The lowest BCUT2D eigenvalue weighted by atomic mass is 10.1. The van der Waals surface area contributed by atoms with E-state index in [1.807, 2.05) is 0 Å². The van der Waals surface area contributed by atoms with E-state index < -0.39 is 16.1 Å². The van der Waals surface area contributed by atoms with Gasteiger partial charge in [0, 0.05) is 18.1 Å². The van der Waals surface area contributed by atoms with Gasteiger partial charge in [-0.15, -0.1) is 0 Å². The van der Waals surface area contributed by atoms with Gasteiger partial charge in [0.05, 0.1) is 17.6 Å². The van der Waals surface area contributed by atoms with Crippen LogP contribution < -0.4 is 0 Å². The molecule has 2 aromatic rings. The zero-order valence-corrected chi connectivity index (χ0v) is 14.6. The molecule has 1 aliphatic heterocycles. The highest BCUT2D eigenvalue weighted by Gasteiger charge is 2.32. The summed E-state index contributed by atoms with van der Waals surface area (Å²) >= 11 is 5.96. The van der Waals surface area contributed by atoms with E-state index in [9.17, 15) is 12.8 Å². The highest BCUT2D eigenvalue weighted by molar-refractivity contribution is 7.89. The van der Waals surface area contributed by atoms with Gasteiger partial charge in [-0.2, -0.15) is 4.31 Å². The molecule has 0 aromatic heterocycles. The van der Waals surface area contributed by atoms with E-state index in [4.69, 9.17) is 16.3 Å². The minimum Gasteiger partial charge on any atom is -0.371 e. The van der Waals surface area contributed by atoms with Gasteiger partial charge < -0.3 is 4.74 Å². The first-order valence-electron chi connectivity index (χ1n) is 7.51. The van der Waals surface area contributed by atoms with Crippen molar-refractivity contribution in [3.8, 4) is 0 Å². The number of rotatable bonds is 3. The molecule has 0 spiro atoms. The number of aryl methyl sites for hydroxylation is 1. The molecule has 128 valence electrons. The summed E-state index contributed by atoms with van der Waals surface area (Å²) in [5.41, 5.74) is 1.39. The molecule has 1 unspecified atom stereocenters. The van der Waals surface area contributed by atoms with Crippen LogP contribution in [0.2, 0.25) is 5.02 Å². The lowest BCUT2D eigenvalue weighted by Crippen LogP contribution is -2.42. The summed E-state index contributed by atoms with van der Waals surface area (Å²) in [5.74, 6) is -0.339. The van der Waals surface area contributed by atoms with Crippen molar-refractivity contribution in [3.63, 3.8) is 0 Å². The van der Waals surface area contributed by atoms with Crippen molar-refractivity contribution in [1.82, 2.24) is 4.31 Å². The predicted molar refractivity (Wildman–Crippen MR) is 90.0 cm³/mol. The highest BCUT2D eigenvalue weighted by atomic mass is 35.5. The monoisotopic (exact) mass is 369 g/mol. The molecule has 4 nitrogen and oxygen atoms in total. The standard InChI is InChI=1S/C17H17ClFNO3S/c1-12-2-5-14(18)10-17(12)24(21,22)20-8-9-23-16(11-20)13-3-6-15(19)7-4-13/h2-7,10,16H,8-9,11H2,1H3. The lowest BCUT2D eigenvalue weighted by Gasteiger charge is -2.32. The summed E-state index contributed by atoms with van der Waals surface area (Å²) in [7, 11) is -3.67. The van der Waals surface area contributed by atoms with Crippen LogP contribution in [-0.2, 0) is 14.8 Å². The Kier molecular flexibility index (Phi) is 4.92. The topological polar surface area (TPSA) is 46.6 Å². The molecule has 0 saturated carbocycles. The van der Waals surface area contributed by atoms with Gasteiger partial charge in [-0.1, -0.05) is 29.8 Å². The Morgan fingerprint density at radius 3 is 2.62 bits per heavy atom. The largest absolute Gasteiger partial charge is 0.371 e. The van der Waals surface area contributed by atoms with Crippen LogP contribution in [0.25, 0.3) is 0 Å². The summed E-state index contributed by atoms with van der Waals surface area (Å²) in [4.78, 5) is 0.203. The number of ether oxygens (including phenoxy) is 1. The van der Waals surface area contributed by atoms with E-state index in [1.165, 1.54) is 22.5 Å². The molecular formula is C17H17ClFNO3S. The van der Waals surface area contributed by atoms with Crippen molar-refractivity contribution in [3.05, 3.63) is 64.4 Å². The minimum absolute atomic E-state index is 0.180. The van der Waals surface area contributed by atoms with Crippen LogP contribution in [0.3, 0.4) is 0 Å². The molecule has 0 bridgehead atoms. The second kappa shape index (κ2) is 6.80. The summed E-state index contributed by atoms with van der Waals surface area (Å²) in [5, 5.41) is 0.377. The maximum Gasteiger partial charge on any atom is 0.243 e. The molecule has 1 atom stereocenters. The number of hydrogen-bond donors (Lipinski definition) is 0. The van der Waals surface area contributed by atoms with Crippen molar-refractivity contribution in [2.24, 2.45) is 0 Å². The lowest BCUT2D eigenvalue weighted by molar-refractivity contribution is -0.00259. The van der Waals surface area contributed by atoms with Crippen molar-refractivity contribution >= 4 is 21.6 Å². The van der Waals surface area contributed by atoms with E-state index in [0.717, 1.165) is 5.56 Å². The van der Waals surface area contributed by atoms with Crippen LogP contribution in [0.15, 0.2) is 47.4 Å². The van der Waals surface area contributed by atoms with Gasteiger partial charge in [0.2, 0.25) is 10.0 Å². The summed E-state index contributed by atoms with van der Waals surface area (Å²) in [6.07, 6.45) is -0.423. The second-order valence-corrected chi connectivity index (χ2v) is 8.03. The average Bonchev–Trinajstić information content (AvgIpc) is 2.58. The van der Waals surface area contributed by atoms with E-state index in [1.54, 1.807) is 31.2 Å². The molecule has 0 radical (unpaired) electrons. The zero-order chi connectivity index (χ0) is 17.3. The van der Waals surface area contributed by atoms with Crippen LogP contribution in [0.5, 0.6) is 0 Å². The number of nitrogens with zero attached hydrogens (tertiary/aromatic N) is 1. The molecule has 1 fully saturated rings. The van der Waals surface area contributed by atoms with Crippen LogP contribution in [0.1, 0.15) is 17.2 Å². The number of halogens is 2. The molecule has 0 amide bonds. The third-order valence-corrected chi connectivity index (χ3v) is 6.28. The fourth-order valence-corrected chi connectivity index (χ4v) is 4.63. The van der Waals surface area contributed by atoms with Crippen LogP contribution in [0, 0.1) is 12.7 Å². The van der Waals surface area contributed by atoms with E-state index >= 15 is 0 Å². The molecule has 7 heteroatoms. The van der Waals surface area contributed by atoms with Gasteiger partial charge >= 0.3 is 0 Å². The van der Waals surface area contributed by atoms with Gasteiger partial charge in [0.25, 0.3) is 0 Å². The van der Waals surface area contributed by atoms with Gasteiger partial charge in [-0.25, -0.2) is 12.8 Å². The van der Waals surface area contributed by atoms with Crippen LogP contribution in [0.4, 0.5) is 4.39 Å². The maximum absolute atomic E-state index is 13.1. The van der Waals surface area contributed by atoms with Crippen molar-refractivity contribution in [1.29, 1.82) is 0 Å². The van der Waals surface area contributed by atoms with Crippen LogP contribution >= 0.6 is 11.6 Å². The molecule has 1 aliphatic rings. The Morgan fingerprint density at radius 1 is 1.21 bits per heavy atom. The second-order valence-electron chi connectivity index (χ2n) is 5.68. The van der Waals surface area contributed by atoms with Crippen molar-refractivity contribution in [2.75, 3.05) is 19.7 Å². The van der Waals surface area contributed by atoms with E-state index in [0.29, 0.717) is 10.6 Å². The van der Waals surface area contributed by atoms with Gasteiger partial charge in [-0.3, -0.25) is 0 Å². The first kappa shape index (κ1) is 17.4. The summed E-state index contributed by atoms with van der Waals surface area (Å²) in [6, 6.07) is 10.7. The Morgan fingerprint density at radius 2 is 1.92 bits per heavy atom. The fourth-order valence-electron chi connectivity index (χ4n) is 2.71. The molecule has 24 heavy (non-hydrogen) atoms. The van der Waals surface area contributed by atoms with Crippen LogP contribution in [-0.4, -0.2) is 32.4 Å². The molecule has 1 heterocycles. The first-order valence-corrected chi connectivity index (χ1v) is 9.33. The minimum atomic E-state index is -3.67. The predicted octanol–water partition coefficient (Wildman–Crippen LogP) is 3.55. The molecule has 0 aliphatic carbocycles. The molecule has 0 N–H and O–H groups in total. The molecular weight excluding hydrogens is 353 g/mol. The van der Waals surface area contributed by atoms with E-state index in [2.05, 4.69) is 0 Å². The van der Waals surface area contributed by atoms with Gasteiger partial charge in [0.1, 0.15) is 5.82 Å². The third kappa shape index (κ3) is 3.47. The van der Waals surface area contributed by atoms with Crippen molar-refractivity contribution in [2.45, 2.75) is 17.9 Å². The number of hydrogen-bond acceptors (Lipinski definition) is 3. The highest BCUT2D eigenvalue weighted by Crippen LogP contribution is 2.29. The molecule has 1 saturated heterocycles. The SMILES string of the molecule is Cc1ccc(Cl)cc1S(=O)(=O)N1CCOC(c2ccc(F)cc2)C1. The maximum atomic E-state index is 13.1. The summed E-state index contributed by atoms with van der Waals surface area (Å²) in [6.45, 7) is 2.47. The Hall–Kier alpha value is -1.47. The van der Waals surface area contributed by atoms with Gasteiger partial charge in [0.15, 0.2) is 0 Å². The fraction of sp³-hybridized carbons (Fsp3) is 0.294. The number of morpholine rings is 1. The third-order valence-electron chi connectivity index (χ3n) is 4.04. The Bertz CT molecular complexity index is 839. The Labute approximate surface area is 145 Å². The molecule has 3 rings (SSSR count). The van der Waals surface area contributed by atoms with E-state index in [-0.39, 0.29) is 30.4 Å². The van der Waals surface area contributed by atoms with Crippen molar-refractivity contribution < 1.29 is 17.5 Å². The summed E-state index contributed by atoms with van der Waals surface area (Å²) < 4.78 is 46.0. The smallest absolute Gasteiger partial charge is 0.243 e. The van der Waals surface area contributed by atoms with Gasteiger partial charge in [-0.05, 0) is 42.3 Å². The molecule has 2 aromatic carbocycles.